The Morgan fingerprint density at radius 1 is 0.927 bits per heavy atom. The van der Waals surface area contributed by atoms with Crippen LogP contribution < -0.4 is 5.63 Å². The first-order chi connectivity index (χ1) is 19.6. The van der Waals surface area contributed by atoms with Gasteiger partial charge in [-0.2, -0.15) is 0 Å². The molecule has 0 atom stereocenters. The fraction of sp³-hybridized carbons (Fsp3) is 0.189. The molecule has 1 aliphatic carbocycles. The van der Waals surface area contributed by atoms with E-state index in [1.807, 2.05) is 67.6 Å². The monoisotopic (exact) mass is 540 g/mol. The van der Waals surface area contributed by atoms with Crippen molar-refractivity contribution in [3.63, 3.8) is 0 Å². The minimum Gasteiger partial charge on any atom is -0.478 e. The number of hydrogen-bond acceptors (Lipinski definition) is 3. The topological polar surface area (TPSA) is 67.5 Å². The predicted molar refractivity (Wildman–Crippen MR) is 168 cm³/mol. The van der Waals surface area contributed by atoms with Crippen LogP contribution in [-0.4, -0.2) is 11.1 Å². The highest BCUT2D eigenvalue weighted by Crippen LogP contribution is 2.37. The van der Waals surface area contributed by atoms with E-state index in [9.17, 15) is 14.7 Å². The maximum absolute atomic E-state index is 13.4. The summed E-state index contributed by atoms with van der Waals surface area (Å²) >= 11 is 0. The van der Waals surface area contributed by atoms with E-state index in [-0.39, 0.29) is 11.0 Å². The molecule has 0 unspecified atom stereocenters. The van der Waals surface area contributed by atoms with Crippen LogP contribution in [-0.2, 0) is 16.6 Å². The Labute approximate surface area is 239 Å². The van der Waals surface area contributed by atoms with Crippen LogP contribution in [0.5, 0.6) is 0 Å². The Morgan fingerprint density at radius 2 is 1.73 bits per heavy atom. The predicted octanol–water partition coefficient (Wildman–Crippen LogP) is 8.80. The summed E-state index contributed by atoms with van der Waals surface area (Å²) < 4.78 is 5.87. The number of rotatable bonds is 4. The third-order valence-corrected chi connectivity index (χ3v) is 8.10. The van der Waals surface area contributed by atoms with Gasteiger partial charge in [-0.1, -0.05) is 93.6 Å². The lowest BCUT2D eigenvalue weighted by Gasteiger charge is -2.20. The van der Waals surface area contributed by atoms with E-state index in [0.29, 0.717) is 23.1 Å². The number of carboxylic acid groups (broad SMARTS) is 1. The SMILES string of the molecule is Cc1ccccc1/C=C(\C(=O)O)c1ccc(-c2cc3c(ccc4cc(C(C)(C)C)ccc43)oc2=O)c2c1C=CCC2. The van der Waals surface area contributed by atoms with Gasteiger partial charge in [-0.25, -0.2) is 9.59 Å². The van der Waals surface area contributed by atoms with Crippen molar-refractivity contribution in [2.45, 2.75) is 46.0 Å². The van der Waals surface area contributed by atoms with Crippen LogP contribution in [0.2, 0.25) is 0 Å². The molecule has 204 valence electrons. The second kappa shape index (κ2) is 10.0. The Hall–Kier alpha value is -4.70. The highest BCUT2D eigenvalue weighted by molar-refractivity contribution is 6.22. The Bertz CT molecular complexity index is 1980. The number of benzene rings is 4. The van der Waals surface area contributed by atoms with Gasteiger partial charge in [-0.3, -0.25) is 0 Å². The zero-order chi connectivity index (χ0) is 28.9. The molecule has 1 heterocycles. The van der Waals surface area contributed by atoms with Crippen LogP contribution in [0.25, 0.3) is 50.6 Å². The van der Waals surface area contributed by atoms with E-state index in [2.05, 4.69) is 45.0 Å². The van der Waals surface area contributed by atoms with Gasteiger partial charge in [0.15, 0.2) is 0 Å². The lowest BCUT2D eigenvalue weighted by molar-refractivity contribution is -0.130. The van der Waals surface area contributed by atoms with Crippen molar-refractivity contribution in [3.8, 4) is 11.1 Å². The molecule has 0 bridgehead atoms. The van der Waals surface area contributed by atoms with Crippen molar-refractivity contribution in [2.75, 3.05) is 0 Å². The molecule has 4 aromatic carbocycles. The van der Waals surface area contributed by atoms with Crippen molar-refractivity contribution in [2.24, 2.45) is 0 Å². The Kier molecular flexibility index (Phi) is 6.50. The molecule has 0 saturated carbocycles. The van der Waals surface area contributed by atoms with E-state index in [1.54, 1.807) is 6.08 Å². The highest BCUT2D eigenvalue weighted by atomic mass is 16.4. The summed E-state index contributed by atoms with van der Waals surface area (Å²) in [5.74, 6) is -0.992. The van der Waals surface area contributed by atoms with Crippen molar-refractivity contribution >= 4 is 45.4 Å². The highest BCUT2D eigenvalue weighted by Gasteiger charge is 2.23. The summed E-state index contributed by atoms with van der Waals surface area (Å²) in [4.78, 5) is 25.9. The number of hydrogen-bond donors (Lipinski definition) is 1. The standard InChI is InChI=1S/C37H32O4/c1-22-9-5-6-10-23(22)20-32(35(38)39)29-16-17-30(28-12-8-7-11-27(28)29)33-21-31-26-15-14-25(37(2,3)4)19-24(26)13-18-34(31)41-36(33)40/h5-7,9-11,13-21H,8,12H2,1-4H3,(H,38,39)/b32-20-. The van der Waals surface area contributed by atoms with Gasteiger partial charge < -0.3 is 9.52 Å². The average Bonchev–Trinajstić information content (AvgIpc) is 2.95. The summed E-state index contributed by atoms with van der Waals surface area (Å²) in [6.45, 7) is 8.55. The second-order valence-corrected chi connectivity index (χ2v) is 11.8. The van der Waals surface area contributed by atoms with Crippen molar-refractivity contribution in [1.29, 1.82) is 0 Å². The van der Waals surface area contributed by atoms with Crippen LogP contribution in [0.1, 0.15) is 60.6 Å². The molecule has 4 nitrogen and oxygen atoms in total. The van der Waals surface area contributed by atoms with Crippen LogP contribution in [0.3, 0.4) is 0 Å². The molecule has 1 N–H and O–H groups in total. The molecular weight excluding hydrogens is 508 g/mol. The molecule has 0 amide bonds. The van der Waals surface area contributed by atoms with Gasteiger partial charge in [0.1, 0.15) is 5.58 Å². The summed E-state index contributed by atoms with van der Waals surface area (Å²) in [7, 11) is 0. The molecule has 0 spiro atoms. The second-order valence-electron chi connectivity index (χ2n) is 11.8. The quantitative estimate of drug-likeness (QED) is 0.107. The molecule has 1 aliphatic rings. The third-order valence-electron chi connectivity index (χ3n) is 8.10. The molecule has 4 heteroatoms. The van der Waals surface area contributed by atoms with E-state index < -0.39 is 11.6 Å². The fourth-order valence-corrected chi connectivity index (χ4v) is 5.78. The van der Waals surface area contributed by atoms with Gasteiger partial charge >= 0.3 is 11.6 Å². The maximum Gasteiger partial charge on any atom is 0.344 e. The van der Waals surface area contributed by atoms with Gasteiger partial charge in [-0.05, 0) is 93.1 Å². The third kappa shape index (κ3) is 4.80. The molecule has 5 aromatic rings. The summed E-state index contributed by atoms with van der Waals surface area (Å²) in [5.41, 5.74) is 7.21. The van der Waals surface area contributed by atoms with Crippen LogP contribution in [0.4, 0.5) is 0 Å². The molecule has 41 heavy (non-hydrogen) atoms. The summed E-state index contributed by atoms with van der Waals surface area (Å²) in [6.07, 6.45) is 7.29. The molecule has 0 radical (unpaired) electrons. The first-order valence-electron chi connectivity index (χ1n) is 14.0. The van der Waals surface area contributed by atoms with E-state index in [1.165, 1.54) is 5.56 Å². The smallest absolute Gasteiger partial charge is 0.344 e. The minimum absolute atomic E-state index is 0.0222. The number of aryl methyl sites for hydroxylation is 1. The largest absolute Gasteiger partial charge is 0.478 e. The number of carboxylic acids is 1. The van der Waals surface area contributed by atoms with Crippen LogP contribution in [0.15, 0.2) is 88.1 Å². The minimum atomic E-state index is -0.992. The molecular formula is C37H32O4. The average molecular weight is 541 g/mol. The normalized spacial score (nSPS) is 13.5. The lowest BCUT2D eigenvalue weighted by atomic mass is 9.84. The molecule has 0 saturated heterocycles. The Balaban J connectivity index is 1.55. The van der Waals surface area contributed by atoms with Crippen molar-refractivity contribution in [3.05, 3.63) is 123 Å². The summed E-state index contributed by atoms with van der Waals surface area (Å²) in [6, 6.07) is 23.7. The van der Waals surface area contributed by atoms with Gasteiger partial charge in [0.05, 0.1) is 11.1 Å². The molecule has 6 rings (SSSR count). The number of fused-ring (bicyclic) bond motifs is 4. The summed E-state index contributed by atoms with van der Waals surface area (Å²) in [5, 5.41) is 13.2. The van der Waals surface area contributed by atoms with Gasteiger partial charge in [0.2, 0.25) is 0 Å². The van der Waals surface area contributed by atoms with Crippen LogP contribution >= 0.6 is 0 Å². The first-order valence-corrected chi connectivity index (χ1v) is 14.0. The van der Waals surface area contributed by atoms with E-state index >= 15 is 0 Å². The molecule has 0 aliphatic heterocycles. The van der Waals surface area contributed by atoms with Crippen LogP contribution in [0, 0.1) is 6.92 Å². The van der Waals surface area contributed by atoms with Gasteiger partial charge in [-0.15, -0.1) is 0 Å². The molecule has 1 aromatic heterocycles. The van der Waals surface area contributed by atoms with E-state index in [0.717, 1.165) is 50.4 Å². The number of allylic oxidation sites excluding steroid dienone is 1. The fourth-order valence-electron chi connectivity index (χ4n) is 5.78. The number of aliphatic carboxylic acids is 1. The molecule has 0 fully saturated rings. The number of carbonyl (C=O) groups is 1. The van der Waals surface area contributed by atoms with Gasteiger partial charge in [0.25, 0.3) is 0 Å². The van der Waals surface area contributed by atoms with Crippen molar-refractivity contribution in [1.82, 2.24) is 0 Å². The Morgan fingerprint density at radius 3 is 2.49 bits per heavy atom. The zero-order valence-electron chi connectivity index (χ0n) is 23.7. The first kappa shape index (κ1) is 26.5. The van der Waals surface area contributed by atoms with E-state index in [4.69, 9.17) is 4.42 Å². The lowest BCUT2D eigenvalue weighted by Crippen LogP contribution is -2.11. The van der Waals surface area contributed by atoms with Gasteiger partial charge in [0, 0.05) is 5.39 Å². The van der Waals surface area contributed by atoms with Crippen molar-refractivity contribution < 1.29 is 14.3 Å². The zero-order valence-corrected chi connectivity index (χ0v) is 23.7. The maximum atomic E-state index is 13.4.